The van der Waals surface area contributed by atoms with E-state index in [-0.39, 0.29) is 6.42 Å². The molecule has 0 unspecified atom stereocenters. The molecule has 0 aliphatic rings. The fourth-order valence-electron chi connectivity index (χ4n) is 1.27. The molecule has 0 N–H and O–H groups in total. The molecular formula is C10H12N2O3. The average molecular weight is 208 g/mol. The molecule has 0 aliphatic carbocycles. The molecule has 1 rings (SSSR count). The third kappa shape index (κ3) is 2.10. The van der Waals surface area contributed by atoms with E-state index in [1.807, 2.05) is 6.07 Å². The van der Waals surface area contributed by atoms with Crippen molar-refractivity contribution in [3.8, 4) is 23.4 Å². The Bertz CT molecular complexity index is 385. The molecule has 15 heavy (non-hydrogen) atoms. The summed E-state index contributed by atoms with van der Waals surface area (Å²) in [7, 11) is 4.51. The van der Waals surface area contributed by atoms with E-state index in [1.165, 1.54) is 27.5 Å². The molecule has 0 saturated carbocycles. The van der Waals surface area contributed by atoms with E-state index in [0.29, 0.717) is 22.9 Å². The number of hydrogen-bond donors (Lipinski definition) is 0. The van der Waals surface area contributed by atoms with Crippen molar-refractivity contribution < 1.29 is 14.2 Å². The molecule has 0 aromatic carbocycles. The minimum atomic E-state index is 0.186. The Morgan fingerprint density at radius 1 is 1.27 bits per heavy atom. The van der Waals surface area contributed by atoms with Crippen LogP contribution < -0.4 is 14.2 Å². The topological polar surface area (TPSA) is 64.4 Å². The standard InChI is InChI=1S/C10H12N2O3/c1-13-8-6-12-10(15-3)9(14-2)7(8)4-5-11/h6H,4H2,1-3H3. The molecule has 0 atom stereocenters. The van der Waals surface area contributed by atoms with Crippen LogP contribution in [0.15, 0.2) is 6.20 Å². The van der Waals surface area contributed by atoms with Gasteiger partial charge in [0.2, 0.25) is 0 Å². The van der Waals surface area contributed by atoms with Gasteiger partial charge in [-0.05, 0) is 0 Å². The van der Waals surface area contributed by atoms with Gasteiger partial charge >= 0.3 is 0 Å². The first-order chi connectivity index (χ1) is 7.28. The molecule has 0 aliphatic heterocycles. The fourth-order valence-corrected chi connectivity index (χ4v) is 1.27. The highest BCUT2D eigenvalue weighted by Crippen LogP contribution is 2.35. The summed E-state index contributed by atoms with van der Waals surface area (Å²) in [6.07, 6.45) is 1.69. The highest BCUT2D eigenvalue weighted by molar-refractivity contribution is 5.50. The number of aromatic nitrogens is 1. The Morgan fingerprint density at radius 3 is 2.47 bits per heavy atom. The second-order valence-corrected chi connectivity index (χ2v) is 2.68. The molecule has 0 radical (unpaired) electrons. The molecule has 1 aromatic heterocycles. The predicted octanol–water partition coefficient (Wildman–Crippen LogP) is 1.17. The van der Waals surface area contributed by atoms with Crippen LogP contribution in [0.3, 0.4) is 0 Å². The van der Waals surface area contributed by atoms with E-state index in [9.17, 15) is 0 Å². The van der Waals surface area contributed by atoms with Crippen molar-refractivity contribution in [2.24, 2.45) is 0 Å². The quantitative estimate of drug-likeness (QED) is 0.743. The first kappa shape index (κ1) is 11.1. The Kier molecular flexibility index (Phi) is 3.75. The van der Waals surface area contributed by atoms with Crippen molar-refractivity contribution in [2.45, 2.75) is 6.42 Å². The maximum absolute atomic E-state index is 8.70. The highest BCUT2D eigenvalue weighted by Gasteiger charge is 2.16. The Morgan fingerprint density at radius 2 is 2.00 bits per heavy atom. The summed E-state index contributed by atoms with van der Waals surface area (Å²) in [6, 6.07) is 2.04. The summed E-state index contributed by atoms with van der Waals surface area (Å²) < 4.78 is 15.3. The zero-order chi connectivity index (χ0) is 11.3. The van der Waals surface area contributed by atoms with Gasteiger partial charge in [-0.2, -0.15) is 5.26 Å². The second kappa shape index (κ2) is 5.05. The van der Waals surface area contributed by atoms with Crippen LogP contribution in [0.2, 0.25) is 0 Å². The van der Waals surface area contributed by atoms with Gasteiger partial charge in [0.05, 0.1) is 45.6 Å². The Labute approximate surface area is 88.2 Å². The van der Waals surface area contributed by atoms with E-state index in [0.717, 1.165) is 0 Å². The Hall–Kier alpha value is -1.96. The van der Waals surface area contributed by atoms with Crippen molar-refractivity contribution in [3.05, 3.63) is 11.8 Å². The van der Waals surface area contributed by atoms with E-state index in [2.05, 4.69) is 4.98 Å². The maximum atomic E-state index is 8.70. The van der Waals surface area contributed by atoms with Crippen LogP contribution in [0.4, 0.5) is 0 Å². The lowest BCUT2D eigenvalue weighted by molar-refractivity contribution is 0.332. The van der Waals surface area contributed by atoms with E-state index >= 15 is 0 Å². The van der Waals surface area contributed by atoms with E-state index < -0.39 is 0 Å². The number of methoxy groups -OCH3 is 3. The first-order valence-corrected chi connectivity index (χ1v) is 4.29. The number of hydrogen-bond acceptors (Lipinski definition) is 5. The lowest BCUT2D eigenvalue weighted by atomic mass is 10.1. The molecule has 1 aromatic rings. The third-order valence-corrected chi connectivity index (χ3v) is 1.94. The maximum Gasteiger partial charge on any atom is 0.257 e. The number of rotatable bonds is 4. The molecule has 0 spiro atoms. The first-order valence-electron chi connectivity index (χ1n) is 4.29. The molecule has 0 bridgehead atoms. The molecule has 0 amide bonds. The number of ether oxygens (including phenoxy) is 3. The number of pyridine rings is 1. The number of nitrogens with zero attached hydrogens (tertiary/aromatic N) is 2. The minimum absolute atomic E-state index is 0.186. The molecule has 80 valence electrons. The third-order valence-electron chi connectivity index (χ3n) is 1.94. The van der Waals surface area contributed by atoms with Gasteiger partial charge in [-0.3, -0.25) is 0 Å². The Balaban J connectivity index is 3.31. The fraction of sp³-hybridized carbons (Fsp3) is 0.400. The van der Waals surface area contributed by atoms with Crippen LogP contribution in [0, 0.1) is 11.3 Å². The summed E-state index contributed by atoms with van der Waals surface area (Å²) in [5, 5.41) is 8.70. The molecular weight excluding hydrogens is 196 g/mol. The lowest BCUT2D eigenvalue weighted by Gasteiger charge is -2.12. The molecule has 0 saturated heterocycles. The van der Waals surface area contributed by atoms with Gasteiger partial charge < -0.3 is 14.2 Å². The largest absolute Gasteiger partial charge is 0.495 e. The SMILES string of the molecule is COc1cnc(OC)c(OC)c1CC#N. The van der Waals surface area contributed by atoms with Gasteiger partial charge in [0.25, 0.3) is 5.88 Å². The van der Waals surface area contributed by atoms with Gasteiger partial charge in [-0.1, -0.05) is 0 Å². The number of nitriles is 1. The zero-order valence-corrected chi connectivity index (χ0v) is 8.90. The zero-order valence-electron chi connectivity index (χ0n) is 8.90. The lowest BCUT2D eigenvalue weighted by Crippen LogP contribution is -2.01. The van der Waals surface area contributed by atoms with Crippen molar-refractivity contribution in [3.63, 3.8) is 0 Å². The second-order valence-electron chi connectivity index (χ2n) is 2.68. The molecule has 5 nitrogen and oxygen atoms in total. The van der Waals surface area contributed by atoms with Crippen LogP contribution in [-0.4, -0.2) is 26.3 Å². The van der Waals surface area contributed by atoms with E-state index in [4.69, 9.17) is 19.5 Å². The normalized spacial score (nSPS) is 9.20. The van der Waals surface area contributed by atoms with Crippen LogP contribution in [0.5, 0.6) is 17.4 Å². The van der Waals surface area contributed by atoms with Gasteiger partial charge in [-0.25, -0.2) is 4.98 Å². The summed E-state index contributed by atoms with van der Waals surface area (Å²) in [4.78, 5) is 4.00. The van der Waals surface area contributed by atoms with Crippen LogP contribution in [0.1, 0.15) is 5.56 Å². The minimum Gasteiger partial charge on any atom is -0.495 e. The van der Waals surface area contributed by atoms with Crippen LogP contribution in [0.25, 0.3) is 0 Å². The predicted molar refractivity (Wildman–Crippen MR) is 53.2 cm³/mol. The van der Waals surface area contributed by atoms with Gasteiger partial charge in [-0.15, -0.1) is 0 Å². The van der Waals surface area contributed by atoms with E-state index in [1.54, 1.807) is 0 Å². The summed E-state index contributed by atoms with van der Waals surface area (Å²) in [6.45, 7) is 0. The van der Waals surface area contributed by atoms with Gasteiger partial charge in [0.1, 0.15) is 5.75 Å². The van der Waals surface area contributed by atoms with Crippen LogP contribution >= 0.6 is 0 Å². The summed E-state index contributed by atoms with van der Waals surface area (Å²) >= 11 is 0. The smallest absolute Gasteiger partial charge is 0.257 e. The molecule has 1 heterocycles. The van der Waals surface area contributed by atoms with Crippen molar-refractivity contribution >= 4 is 0 Å². The van der Waals surface area contributed by atoms with Crippen molar-refractivity contribution in [1.82, 2.24) is 4.98 Å². The highest BCUT2D eigenvalue weighted by atomic mass is 16.5. The van der Waals surface area contributed by atoms with Gasteiger partial charge in [0, 0.05) is 0 Å². The average Bonchev–Trinajstić information content (AvgIpc) is 2.28. The van der Waals surface area contributed by atoms with Gasteiger partial charge in [0.15, 0.2) is 5.75 Å². The van der Waals surface area contributed by atoms with Crippen molar-refractivity contribution in [2.75, 3.05) is 21.3 Å². The van der Waals surface area contributed by atoms with Crippen LogP contribution in [-0.2, 0) is 6.42 Å². The monoisotopic (exact) mass is 208 g/mol. The molecule has 0 fully saturated rings. The molecule has 5 heteroatoms. The van der Waals surface area contributed by atoms with Crippen molar-refractivity contribution in [1.29, 1.82) is 5.26 Å². The summed E-state index contributed by atoms with van der Waals surface area (Å²) in [5.74, 6) is 1.32. The summed E-state index contributed by atoms with van der Waals surface area (Å²) in [5.41, 5.74) is 0.648.